The van der Waals surface area contributed by atoms with Crippen LogP contribution in [0.3, 0.4) is 0 Å². The number of phenolic OH excluding ortho intramolecular Hbond substituents is 1. The van der Waals surface area contributed by atoms with Crippen LogP contribution in [0.5, 0.6) is 11.5 Å². The van der Waals surface area contributed by atoms with Crippen molar-refractivity contribution < 1.29 is 14.6 Å². The van der Waals surface area contributed by atoms with Crippen molar-refractivity contribution in [2.24, 2.45) is 5.10 Å². The molecule has 3 aromatic rings. The van der Waals surface area contributed by atoms with Gasteiger partial charge in [0.05, 0.1) is 25.4 Å². The number of phenols is 1. The Kier molecular flexibility index (Phi) is 4.50. The molecule has 1 heterocycles. The second kappa shape index (κ2) is 7.11. The van der Waals surface area contributed by atoms with Gasteiger partial charge in [-0.25, -0.2) is 0 Å². The van der Waals surface area contributed by atoms with E-state index in [2.05, 4.69) is 30.3 Å². The molecule has 0 aromatic heterocycles. The van der Waals surface area contributed by atoms with Gasteiger partial charge in [0.25, 0.3) is 0 Å². The Morgan fingerprint density at radius 2 is 1.96 bits per heavy atom. The Bertz CT molecular complexity index is 1030. The van der Waals surface area contributed by atoms with Crippen molar-refractivity contribution in [2.45, 2.75) is 12.5 Å². The molecule has 5 nitrogen and oxygen atoms in total. The van der Waals surface area contributed by atoms with Crippen molar-refractivity contribution in [3.63, 3.8) is 0 Å². The SMILES string of the molecule is COc1ccc(C2CC(c3ccc4ccccc4c3)=NN2CC=O)cc1O. The van der Waals surface area contributed by atoms with Crippen molar-refractivity contribution in [1.82, 2.24) is 5.01 Å². The lowest BCUT2D eigenvalue weighted by molar-refractivity contribution is -0.109. The molecule has 0 spiro atoms. The fourth-order valence-corrected chi connectivity index (χ4v) is 3.55. The van der Waals surface area contributed by atoms with E-state index in [4.69, 9.17) is 9.84 Å². The number of nitrogens with zero attached hydrogens (tertiary/aromatic N) is 2. The number of aromatic hydroxyl groups is 1. The maximum Gasteiger partial charge on any atom is 0.160 e. The van der Waals surface area contributed by atoms with Crippen LogP contribution >= 0.6 is 0 Å². The number of carbonyl (C=O) groups is 1. The number of hydrogen-bond donors (Lipinski definition) is 1. The molecule has 0 saturated heterocycles. The molecule has 1 N–H and O–H groups in total. The minimum Gasteiger partial charge on any atom is -0.504 e. The number of benzene rings is 3. The topological polar surface area (TPSA) is 62.1 Å². The molecule has 27 heavy (non-hydrogen) atoms. The van der Waals surface area contributed by atoms with Crippen molar-refractivity contribution in [1.29, 1.82) is 0 Å². The summed E-state index contributed by atoms with van der Waals surface area (Å²) in [7, 11) is 1.52. The zero-order chi connectivity index (χ0) is 18.8. The minimum atomic E-state index is -0.103. The zero-order valence-electron chi connectivity index (χ0n) is 15.0. The molecule has 0 radical (unpaired) electrons. The highest BCUT2D eigenvalue weighted by Gasteiger charge is 2.29. The van der Waals surface area contributed by atoms with Gasteiger partial charge in [-0.1, -0.05) is 42.5 Å². The molecular formula is C22H20N2O3. The van der Waals surface area contributed by atoms with Gasteiger partial charge in [0.15, 0.2) is 11.5 Å². The van der Waals surface area contributed by atoms with Crippen LogP contribution in [0.4, 0.5) is 0 Å². The van der Waals surface area contributed by atoms with Crippen molar-refractivity contribution in [3.05, 3.63) is 71.8 Å². The molecule has 3 aromatic carbocycles. The van der Waals surface area contributed by atoms with E-state index < -0.39 is 0 Å². The summed E-state index contributed by atoms with van der Waals surface area (Å²) >= 11 is 0. The van der Waals surface area contributed by atoms with E-state index in [9.17, 15) is 9.90 Å². The molecule has 5 heteroatoms. The third kappa shape index (κ3) is 3.24. The van der Waals surface area contributed by atoms with Crippen LogP contribution in [0.25, 0.3) is 10.8 Å². The Balaban J connectivity index is 1.67. The molecule has 1 atom stereocenters. The number of aldehydes is 1. The van der Waals surface area contributed by atoms with E-state index >= 15 is 0 Å². The monoisotopic (exact) mass is 360 g/mol. The second-order valence-electron chi connectivity index (χ2n) is 6.55. The molecular weight excluding hydrogens is 340 g/mol. The molecule has 0 amide bonds. The molecule has 0 aliphatic carbocycles. The summed E-state index contributed by atoms with van der Waals surface area (Å²) in [6.07, 6.45) is 1.52. The Morgan fingerprint density at radius 3 is 2.70 bits per heavy atom. The van der Waals surface area contributed by atoms with E-state index in [0.29, 0.717) is 12.2 Å². The number of hydrogen-bond acceptors (Lipinski definition) is 5. The lowest BCUT2D eigenvalue weighted by Crippen LogP contribution is -2.21. The number of carbonyl (C=O) groups excluding carboxylic acids is 1. The van der Waals surface area contributed by atoms with Crippen molar-refractivity contribution in [3.8, 4) is 11.5 Å². The maximum atomic E-state index is 11.1. The van der Waals surface area contributed by atoms with E-state index in [0.717, 1.165) is 28.5 Å². The smallest absolute Gasteiger partial charge is 0.160 e. The van der Waals surface area contributed by atoms with Gasteiger partial charge < -0.3 is 14.6 Å². The highest BCUT2D eigenvalue weighted by Crippen LogP contribution is 2.36. The lowest BCUT2D eigenvalue weighted by Gasteiger charge is -2.22. The quantitative estimate of drug-likeness (QED) is 0.701. The normalized spacial score (nSPS) is 16.4. The van der Waals surface area contributed by atoms with E-state index in [1.165, 1.54) is 12.5 Å². The first-order valence-electron chi connectivity index (χ1n) is 8.83. The maximum absolute atomic E-state index is 11.1. The summed E-state index contributed by atoms with van der Waals surface area (Å²) in [6, 6.07) is 19.7. The van der Waals surface area contributed by atoms with Gasteiger partial charge in [-0.2, -0.15) is 5.10 Å². The average Bonchev–Trinajstić information content (AvgIpc) is 3.12. The molecule has 4 rings (SSSR count). The third-order valence-electron chi connectivity index (χ3n) is 4.93. The van der Waals surface area contributed by atoms with Crippen LogP contribution in [0.15, 0.2) is 65.8 Å². The molecule has 0 bridgehead atoms. The number of rotatable bonds is 5. The van der Waals surface area contributed by atoms with E-state index in [-0.39, 0.29) is 18.3 Å². The Labute approximate surface area is 157 Å². The van der Waals surface area contributed by atoms with Gasteiger partial charge in [0, 0.05) is 6.42 Å². The van der Waals surface area contributed by atoms with Gasteiger partial charge in [0.2, 0.25) is 0 Å². The fraction of sp³-hybridized carbons (Fsp3) is 0.182. The number of hydrazone groups is 1. The van der Waals surface area contributed by atoms with Gasteiger partial charge >= 0.3 is 0 Å². The van der Waals surface area contributed by atoms with Crippen molar-refractivity contribution >= 4 is 22.8 Å². The predicted octanol–water partition coefficient (Wildman–Crippen LogP) is 3.90. The predicted molar refractivity (Wildman–Crippen MR) is 105 cm³/mol. The largest absolute Gasteiger partial charge is 0.504 e. The summed E-state index contributed by atoms with van der Waals surface area (Å²) in [5.41, 5.74) is 2.88. The average molecular weight is 360 g/mol. The number of fused-ring (bicyclic) bond motifs is 1. The van der Waals surface area contributed by atoms with Crippen LogP contribution in [0.1, 0.15) is 23.6 Å². The summed E-state index contributed by atoms with van der Waals surface area (Å²) in [6.45, 7) is 0.203. The fourth-order valence-electron chi connectivity index (χ4n) is 3.55. The summed E-state index contributed by atoms with van der Waals surface area (Å²) < 4.78 is 5.12. The van der Waals surface area contributed by atoms with Gasteiger partial charge in [-0.3, -0.25) is 5.01 Å². The standard InChI is InChI=1S/C22H20N2O3/c1-27-22-9-8-18(13-21(22)26)20-14-19(23-24(20)10-11-25)17-7-6-15-4-2-3-5-16(15)12-17/h2-9,11-13,20,26H,10,14H2,1H3. The molecule has 1 aliphatic heterocycles. The van der Waals surface area contributed by atoms with Crippen LogP contribution in [0, 0.1) is 0 Å². The Morgan fingerprint density at radius 1 is 1.15 bits per heavy atom. The van der Waals surface area contributed by atoms with E-state index in [1.54, 1.807) is 17.1 Å². The lowest BCUT2D eigenvalue weighted by atomic mass is 9.96. The molecule has 1 unspecified atom stereocenters. The molecule has 136 valence electrons. The number of methoxy groups -OCH3 is 1. The molecule has 0 saturated carbocycles. The summed E-state index contributed by atoms with van der Waals surface area (Å²) in [4.78, 5) is 11.1. The van der Waals surface area contributed by atoms with Crippen LogP contribution in [0.2, 0.25) is 0 Å². The number of ether oxygens (including phenoxy) is 1. The second-order valence-corrected chi connectivity index (χ2v) is 6.55. The third-order valence-corrected chi connectivity index (χ3v) is 4.93. The highest BCUT2D eigenvalue weighted by molar-refractivity contribution is 6.04. The van der Waals surface area contributed by atoms with Gasteiger partial charge in [-0.15, -0.1) is 0 Å². The van der Waals surface area contributed by atoms with Gasteiger partial charge in [-0.05, 0) is 40.1 Å². The minimum absolute atomic E-state index is 0.0835. The molecule has 0 fully saturated rings. The first-order valence-corrected chi connectivity index (χ1v) is 8.83. The van der Waals surface area contributed by atoms with Crippen molar-refractivity contribution in [2.75, 3.05) is 13.7 Å². The molecule has 1 aliphatic rings. The summed E-state index contributed by atoms with van der Waals surface area (Å²) in [5.74, 6) is 0.509. The first-order chi connectivity index (χ1) is 13.2. The Hall–Kier alpha value is -3.34. The van der Waals surface area contributed by atoms with Crippen LogP contribution in [-0.2, 0) is 4.79 Å². The zero-order valence-corrected chi connectivity index (χ0v) is 15.0. The highest BCUT2D eigenvalue weighted by atomic mass is 16.5. The van der Waals surface area contributed by atoms with Gasteiger partial charge in [0.1, 0.15) is 6.29 Å². The first kappa shape index (κ1) is 17.1. The van der Waals surface area contributed by atoms with Crippen LogP contribution < -0.4 is 4.74 Å². The summed E-state index contributed by atoms with van der Waals surface area (Å²) in [5, 5.41) is 18.9. The van der Waals surface area contributed by atoms with Crippen LogP contribution in [-0.4, -0.2) is 35.8 Å². The van der Waals surface area contributed by atoms with E-state index in [1.807, 2.05) is 18.2 Å².